The Kier molecular flexibility index (Phi) is 4.49. The van der Waals surface area contributed by atoms with E-state index in [0.717, 1.165) is 38.2 Å². The summed E-state index contributed by atoms with van der Waals surface area (Å²) in [4.78, 5) is 5.60. The topological polar surface area (TPSA) is 33.6 Å². The Morgan fingerprint density at radius 2 is 1.75 bits per heavy atom. The molecule has 1 unspecified atom stereocenters. The Balaban J connectivity index is 2.27. The van der Waals surface area contributed by atoms with E-state index in [-0.39, 0.29) is 0 Å². The van der Waals surface area contributed by atoms with Crippen molar-refractivity contribution in [2.24, 2.45) is 4.99 Å². The number of benzene rings is 2. The summed E-state index contributed by atoms with van der Waals surface area (Å²) in [6.07, 6.45) is 0. The number of aliphatic imine (C=N–C) groups is 1. The van der Waals surface area contributed by atoms with E-state index in [1.54, 1.807) is 7.11 Å². The molecule has 0 amide bonds. The maximum Gasteiger partial charge on any atom is 0.182 e. The monoisotopic (exact) mass is 402 g/mol. The van der Waals surface area contributed by atoms with Crippen LogP contribution in [0, 0.1) is 13.8 Å². The van der Waals surface area contributed by atoms with Gasteiger partial charge in [0.2, 0.25) is 0 Å². The van der Waals surface area contributed by atoms with Crippen molar-refractivity contribution in [3.05, 3.63) is 63.1 Å². The van der Waals surface area contributed by atoms with Crippen molar-refractivity contribution >= 4 is 38.8 Å². The van der Waals surface area contributed by atoms with Crippen LogP contribution in [0.1, 0.15) is 29.2 Å². The summed E-state index contributed by atoms with van der Waals surface area (Å²) in [5.74, 6) is 0.907. The number of thiocarbonyl (C=S) groups is 1. The average molecular weight is 403 g/mol. The predicted octanol–water partition coefficient (Wildman–Crippen LogP) is 4.67. The molecule has 0 aromatic heterocycles. The second-order valence-corrected chi connectivity index (χ2v) is 7.34. The van der Waals surface area contributed by atoms with Gasteiger partial charge >= 0.3 is 0 Å². The van der Waals surface area contributed by atoms with Gasteiger partial charge in [0.25, 0.3) is 0 Å². The highest BCUT2D eigenvalue weighted by molar-refractivity contribution is 9.10. The first-order valence-electron chi connectivity index (χ1n) is 7.68. The molecule has 1 heterocycles. The van der Waals surface area contributed by atoms with Crippen molar-refractivity contribution in [2.75, 3.05) is 7.11 Å². The van der Waals surface area contributed by atoms with Crippen LogP contribution in [0.4, 0.5) is 0 Å². The number of aryl methyl sites for hydroxylation is 2. The highest BCUT2D eigenvalue weighted by atomic mass is 79.9. The van der Waals surface area contributed by atoms with Gasteiger partial charge in [-0.2, -0.15) is 0 Å². The van der Waals surface area contributed by atoms with Crippen LogP contribution in [0.5, 0.6) is 5.75 Å². The molecule has 5 heteroatoms. The van der Waals surface area contributed by atoms with Gasteiger partial charge < -0.3 is 10.1 Å². The van der Waals surface area contributed by atoms with Crippen LogP contribution >= 0.6 is 28.1 Å². The third kappa shape index (κ3) is 2.76. The number of rotatable bonds is 3. The minimum atomic E-state index is -0.702. The lowest BCUT2D eigenvalue weighted by Crippen LogP contribution is -2.40. The van der Waals surface area contributed by atoms with E-state index in [2.05, 4.69) is 45.5 Å². The molecule has 0 saturated heterocycles. The molecule has 0 aliphatic carbocycles. The van der Waals surface area contributed by atoms with Crippen LogP contribution in [-0.2, 0) is 5.66 Å². The van der Waals surface area contributed by atoms with Crippen LogP contribution in [0.3, 0.4) is 0 Å². The molecule has 0 bridgehead atoms. The van der Waals surface area contributed by atoms with Crippen molar-refractivity contribution in [2.45, 2.75) is 26.4 Å². The van der Waals surface area contributed by atoms with Gasteiger partial charge in [0.15, 0.2) is 5.66 Å². The van der Waals surface area contributed by atoms with E-state index < -0.39 is 5.66 Å². The molecule has 0 fully saturated rings. The van der Waals surface area contributed by atoms with Crippen LogP contribution in [0.2, 0.25) is 0 Å². The van der Waals surface area contributed by atoms with Crippen LogP contribution in [0.15, 0.2) is 45.9 Å². The number of hydrogen-bond acceptors (Lipinski definition) is 3. The maximum atomic E-state index is 5.50. The fourth-order valence-corrected chi connectivity index (χ4v) is 3.81. The highest BCUT2D eigenvalue weighted by Gasteiger charge is 2.40. The first-order valence-corrected chi connectivity index (χ1v) is 8.88. The molecule has 2 aromatic rings. The Labute approximate surface area is 156 Å². The Morgan fingerprint density at radius 3 is 2.25 bits per heavy atom. The van der Waals surface area contributed by atoms with Gasteiger partial charge in [0.05, 0.1) is 12.8 Å². The second-order valence-electron chi connectivity index (χ2n) is 6.02. The standard InChI is InChI=1S/C19H19BrN2OS/c1-11-8-15(9-12(2)17(11)23-4)19(21-13(3)18(24)22-19)14-6-5-7-16(20)10-14/h5-10H,1-4H3,(H,22,24). The van der Waals surface area contributed by atoms with Gasteiger partial charge in [-0.1, -0.05) is 40.3 Å². The van der Waals surface area contributed by atoms with Gasteiger partial charge in [-0.3, -0.25) is 0 Å². The van der Waals surface area contributed by atoms with Crippen LogP contribution < -0.4 is 10.1 Å². The Morgan fingerprint density at radius 1 is 1.08 bits per heavy atom. The van der Waals surface area contributed by atoms with Crippen LogP contribution in [0.25, 0.3) is 0 Å². The lowest BCUT2D eigenvalue weighted by Gasteiger charge is -2.29. The van der Waals surface area contributed by atoms with Crippen molar-refractivity contribution < 1.29 is 4.74 Å². The van der Waals surface area contributed by atoms with Crippen molar-refractivity contribution in [3.8, 4) is 5.75 Å². The van der Waals surface area contributed by atoms with E-state index in [4.69, 9.17) is 21.9 Å². The number of nitrogens with one attached hydrogen (secondary N) is 1. The summed E-state index contributed by atoms with van der Waals surface area (Å²) in [5, 5.41) is 3.43. The minimum Gasteiger partial charge on any atom is -0.496 e. The molecule has 2 aromatic carbocycles. The average Bonchev–Trinajstić information content (AvgIpc) is 2.83. The molecule has 0 saturated carbocycles. The third-order valence-electron chi connectivity index (χ3n) is 4.28. The molecule has 1 aliphatic rings. The molecule has 0 spiro atoms. The van der Waals surface area contributed by atoms with Crippen molar-refractivity contribution in [1.29, 1.82) is 0 Å². The second kappa shape index (κ2) is 6.30. The van der Waals surface area contributed by atoms with Crippen molar-refractivity contribution in [1.82, 2.24) is 5.32 Å². The highest BCUT2D eigenvalue weighted by Crippen LogP contribution is 2.38. The van der Waals surface area contributed by atoms with Gasteiger partial charge in [-0.25, -0.2) is 4.99 Å². The molecular formula is C19H19BrN2OS. The molecule has 124 valence electrons. The zero-order valence-electron chi connectivity index (χ0n) is 14.1. The summed E-state index contributed by atoms with van der Waals surface area (Å²) in [6, 6.07) is 12.4. The smallest absolute Gasteiger partial charge is 0.182 e. The molecule has 24 heavy (non-hydrogen) atoms. The quantitative estimate of drug-likeness (QED) is 0.757. The van der Waals surface area contributed by atoms with Gasteiger partial charge in [0.1, 0.15) is 10.7 Å². The van der Waals surface area contributed by atoms with E-state index in [9.17, 15) is 0 Å². The predicted molar refractivity (Wildman–Crippen MR) is 106 cm³/mol. The van der Waals surface area contributed by atoms with Crippen molar-refractivity contribution in [3.63, 3.8) is 0 Å². The molecule has 1 atom stereocenters. The fraction of sp³-hybridized carbons (Fsp3) is 0.263. The molecule has 3 nitrogen and oxygen atoms in total. The van der Waals surface area contributed by atoms with Crippen LogP contribution in [-0.4, -0.2) is 17.8 Å². The normalized spacial score (nSPS) is 19.9. The Hall–Kier alpha value is -1.72. The first kappa shape index (κ1) is 17.1. The zero-order chi connectivity index (χ0) is 17.5. The third-order valence-corrected chi connectivity index (χ3v) is 5.17. The Bertz CT molecular complexity index is 839. The number of ether oxygens (including phenoxy) is 1. The molecule has 1 N–H and O–H groups in total. The zero-order valence-corrected chi connectivity index (χ0v) is 16.5. The number of hydrogen-bond donors (Lipinski definition) is 1. The first-order chi connectivity index (χ1) is 11.4. The van der Waals surface area contributed by atoms with Gasteiger partial charge in [0, 0.05) is 15.6 Å². The van der Waals surface area contributed by atoms with Gasteiger partial charge in [-0.15, -0.1) is 0 Å². The number of nitrogens with zero attached hydrogens (tertiary/aromatic N) is 1. The SMILES string of the molecule is COc1c(C)cc(C2(c3cccc(Br)c3)N=C(C)C(=S)N2)cc1C. The summed E-state index contributed by atoms with van der Waals surface area (Å²) >= 11 is 9.02. The summed E-state index contributed by atoms with van der Waals surface area (Å²) in [6.45, 7) is 6.04. The molecule has 0 radical (unpaired) electrons. The summed E-state index contributed by atoms with van der Waals surface area (Å²) in [7, 11) is 1.70. The lowest BCUT2D eigenvalue weighted by molar-refractivity contribution is 0.407. The molecule has 3 rings (SSSR count). The van der Waals surface area contributed by atoms with E-state index in [1.165, 1.54) is 0 Å². The fourth-order valence-electron chi connectivity index (χ4n) is 3.22. The molecule has 1 aliphatic heterocycles. The van der Waals surface area contributed by atoms with E-state index in [0.29, 0.717) is 4.99 Å². The summed E-state index contributed by atoms with van der Waals surface area (Å²) in [5.41, 5.74) is 4.39. The lowest BCUT2D eigenvalue weighted by atomic mass is 9.89. The van der Waals surface area contributed by atoms with E-state index >= 15 is 0 Å². The molecular weight excluding hydrogens is 384 g/mol. The summed E-state index contributed by atoms with van der Waals surface area (Å²) < 4.78 is 6.51. The largest absolute Gasteiger partial charge is 0.496 e. The number of halogens is 1. The van der Waals surface area contributed by atoms with E-state index in [1.807, 2.05) is 32.9 Å². The number of methoxy groups -OCH3 is 1. The maximum absolute atomic E-state index is 5.50. The minimum absolute atomic E-state index is 0.682. The van der Waals surface area contributed by atoms with Gasteiger partial charge in [-0.05, 0) is 56.2 Å².